The fraction of sp³-hybridized carbons (Fsp3) is 0.385. The molecule has 2 aromatic rings. The maximum Gasteiger partial charge on any atom is -0.00206 e. The minimum absolute atomic E-state index is 0.414. The van der Waals surface area contributed by atoms with Crippen LogP contribution in [0.1, 0.15) is 62.5 Å². The molecule has 2 unspecified atom stereocenters. The van der Waals surface area contributed by atoms with E-state index in [-0.39, 0.29) is 0 Å². The summed E-state index contributed by atoms with van der Waals surface area (Å²) in [7, 11) is 0. The first-order chi connectivity index (χ1) is 12.8. The Kier molecular flexibility index (Phi) is 3.89. The van der Waals surface area contributed by atoms with Crippen LogP contribution in [-0.4, -0.2) is 0 Å². The minimum Gasteiger partial charge on any atom is -0.0736 e. The van der Waals surface area contributed by atoms with Crippen molar-refractivity contribution in [3.63, 3.8) is 0 Å². The van der Waals surface area contributed by atoms with Gasteiger partial charge in [0.1, 0.15) is 0 Å². The molecule has 1 saturated carbocycles. The maximum atomic E-state index is 2.71. The Morgan fingerprint density at radius 2 is 0.923 bits per heavy atom. The second-order valence-electron chi connectivity index (χ2n) is 8.59. The number of fused-ring (bicyclic) bond motifs is 1. The number of hydrogen-bond acceptors (Lipinski definition) is 0. The third-order valence-corrected chi connectivity index (χ3v) is 7.34. The van der Waals surface area contributed by atoms with Crippen LogP contribution in [0, 0.1) is 10.8 Å². The normalized spacial score (nSPS) is 30.6. The molecule has 2 aromatic carbocycles. The lowest BCUT2D eigenvalue weighted by molar-refractivity contribution is -0.0178. The second kappa shape index (κ2) is 6.27. The van der Waals surface area contributed by atoms with Gasteiger partial charge in [-0.3, -0.25) is 0 Å². The van der Waals surface area contributed by atoms with Gasteiger partial charge in [-0.1, -0.05) is 72.8 Å². The summed E-state index contributed by atoms with van der Waals surface area (Å²) < 4.78 is 0. The monoisotopic (exact) mass is 340 g/mol. The third-order valence-electron chi connectivity index (χ3n) is 7.34. The Morgan fingerprint density at radius 1 is 0.500 bits per heavy atom. The molecule has 132 valence electrons. The fourth-order valence-corrected chi connectivity index (χ4v) is 5.85. The fourth-order valence-electron chi connectivity index (χ4n) is 5.85. The van der Waals surface area contributed by atoms with Crippen molar-refractivity contribution in [2.24, 2.45) is 10.8 Å². The molecule has 0 nitrogen and oxygen atoms in total. The smallest absolute Gasteiger partial charge is 0.00206 e. The molecule has 0 amide bonds. The van der Waals surface area contributed by atoms with E-state index in [1.54, 1.807) is 11.1 Å². The van der Waals surface area contributed by atoms with E-state index in [9.17, 15) is 0 Å². The molecule has 0 heterocycles. The molecular formula is C26H28. The van der Waals surface area contributed by atoms with Gasteiger partial charge in [-0.15, -0.1) is 0 Å². The van der Waals surface area contributed by atoms with Crippen molar-refractivity contribution in [2.45, 2.75) is 51.4 Å². The van der Waals surface area contributed by atoms with Crippen molar-refractivity contribution < 1.29 is 0 Å². The molecule has 2 atom stereocenters. The molecule has 26 heavy (non-hydrogen) atoms. The van der Waals surface area contributed by atoms with Crippen LogP contribution < -0.4 is 0 Å². The maximum absolute atomic E-state index is 2.71. The molecule has 3 aliphatic carbocycles. The summed E-state index contributed by atoms with van der Waals surface area (Å²) >= 11 is 0. The topological polar surface area (TPSA) is 0 Å². The van der Waals surface area contributed by atoms with Crippen LogP contribution in [0.25, 0.3) is 11.1 Å². The van der Waals surface area contributed by atoms with Crippen molar-refractivity contribution >= 4 is 11.1 Å². The molecule has 3 aliphatic rings. The van der Waals surface area contributed by atoms with Crippen LogP contribution in [0.5, 0.6) is 0 Å². The van der Waals surface area contributed by atoms with Gasteiger partial charge in [0.15, 0.2) is 0 Å². The summed E-state index contributed by atoms with van der Waals surface area (Å²) in [5.41, 5.74) is 6.90. The highest BCUT2D eigenvalue weighted by Crippen LogP contribution is 2.67. The molecule has 1 fully saturated rings. The van der Waals surface area contributed by atoms with E-state index in [2.05, 4.69) is 72.8 Å². The van der Waals surface area contributed by atoms with E-state index in [1.807, 2.05) is 0 Å². The molecule has 0 heteroatoms. The SMILES string of the molecule is C1=C(c2ccccc2)CCCC12CCC21C=C(c2ccccc2)CCC1. The van der Waals surface area contributed by atoms with Gasteiger partial charge in [0.05, 0.1) is 0 Å². The molecule has 0 aliphatic heterocycles. The van der Waals surface area contributed by atoms with Gasteiger partial charge in [0.25, 0.3) is 0 Å². The Morgan fingerprint density at radius 3 is 1.31 bits per heavy atom. The van der Waals surface area contributed by atoms with E-state index >= 15 is 0 Å². The van der Waals surface area contributed by atoms with Gasteiger partial charge in [-0.2, -0.15) is 0 Å². The van der Waals surface area contributed by atoms with Crippen LogP contribution in [0.3, 0.4) is 0 Å². The summed E-state index contributed by atoms with van der Waals surface area (Å²) in [5, 5.41) is 0. The molecule has 5 rings (SSSR count). The van der Waals surface area contributed by atoms with Gasteiger partial charge in [-0.25, -0.2) is 0 Å². The molecule has 0 bridgehead atoms. The van der Waals surface area contributed by atoms with E-state index in [0.29, 0.717) is 10.8 Å². The van der Waals surface area contributed by atoms with E-state index in [0.717, 1.165) is 0 Å². The molecule has 0 aromatic heterocycles. The Bertz CT molecular complexity index is 769. The standard InChI is InChI=1S/C26H28/c1-3-9-21(10-4-1)23-13-7-15-25(19-23)17-18-26(25)16-8-14-24(20-26)22-11-5-2-6-12-22/h1-6,9-12,19-20H,7-8,13-18H2. The highest BCUT2D eigenvalue weighted by atomic mass is 14.6. The Labute approximate surface area is 157 Å². The van der Waals surface area contributed by atoms with E-state index in [4.69, 9.17) is 0 Å². The van der Waals surface area contributed by atoms with Crippen molar-refractivity contribution in [1.29, 1.82) is 0 Å². The Balaban J connectivity index is 1.54. The summed E-state index contributed by atoms with van der Waals surface area (Å²) in [4.78, 5) is 0. The van der Waals surface area contributed by atoms with Crippen LogP contribution in [-0.2, 0) is 0 Å². The summed E-state index contributed by atoms with van der Waals surface area (Å²) in [6.45, 7) is 0. The second-order valence-corrected chi connectivity index (χ2v) is 8.59. The number of benzene rings is 2. The Hall–Kier alpha value is -2.08. The van der Waals surface area contributed by atoms with Crippen LogP contribution in [0.15, 0.2) is 72.8 Å². The van der Waals surface area contributed by atoms with Gasteiger partial charge in [0, 0.05) is 0 Å². The lowest BCUT2D eigenvalue weighted by Gasteiger charge is -2.61. The van der Waals surface area contributed by atoms with E-state index < -0.39 is 0 Å². The summed E-state index contributed by atoms with van der Waals surface area (Å²) in [6.07, 6.45) is 16.1. The average molecular weight is 341 g/mol. The zero-order valence-electron chi connectivity index (χ0n) is 15.6. The quantitative estimate of drug-likeness (QED) is 0.538. The predicted octanol–water partition coefficient (Wildman–Crippen LogP) is 7.29. The van der Waals surface area contributed by atoms with Crippen molar-refractivity contribution in [3.8, 4) is 0 Å². The lowest BCUT2D eigenvalue weighted by atomic mass is 9.43. The van der Waals surface area contributed by atoms with Crippen LogP contribution >= 0.6 is 0 Å². The van der Waals surface area contributed by atoms with Gasteiger partial charge in [0.2, 0.25) is 0 Å². The van der Waals surface area contributed by atoms with Crippen LogP contribution in [0.2, 0.25) is 0 Å². The first kappa shape index (κ1) is 16.1. The molecule has 0 radical (unpaired) electrons. The molecule has 0 N–H and O–H groups in total. The predicted molar refractivity (Wildman–Crippen MR) is 111 cm³/mol. The molecular weight excluding hydrogens is 312 g/mol. The van der Waals surface area contributed by atoms with Crippen molar-refractivity contribution in [3.05, 3.63) is 83.9 Å². The highest BCUT2D eigenvalue weighted by Gasteiger charge is 2.56. The van der Waals surface area contributed by atoms with E-state index in [1.165, 1.54) is 62.5 Å². The molecule has 0 saturated heterocycles. The zero-order chi connectivity index (χ0) is 17.5. The van der Waals surface area contributed by atoms with Crippen molar-refractivity contribution in [1.82, 2.24) is 0 Å². The lowest BCUT2D eigenvalue weighted by Crippen LogP contribution is -2.50. The largest absolute Gasteiger partial charge is 0.0736 e. The number of rotatable bonds is 2. The van der Waals surface area contributed by atoms with Crippen LogP contribution in [0.4, 0.5) is 0 Å². The first-order valence-corrected chi connectivity index (χ1v) is 10.3. The number of hydrogen-bond donors (Lipinski definition) is 0. The summed E-state index contributed by atoms with van der Waals surface area (Å²) in [6, 6.07) is 22.2. The van der Waals surface area contributed by atoms with Crippen molar-refractivity contribution in [2.75, 3.05) is 0 Å². The van der Waals surface area contributed by atoms with Gasteiger partial charge < -0.3 is 0 Å². The average Bonchev–Trinajstić information content (AvgIpc) is 2.74. The molecule has 2 spiro atoms. The van der Waals surface area contributed by atoms with Gasteiger partial charge in [-0.05, 0) is 84.5 Å². The first-order valence-electron chi connectivity index (χ1n) is 10.3. The third kappa shape index (κ3) is 2.50. The van der Waals surface area contributed by atoms with Gasteiger partial charge >= 0.3 is 0 Å². The highest BCUT2D eigenvalue weighted by molar-refractivity contribution is 5.70. The zero-order valence-corrected chi connectivity index (χ0v) is 15.6. The minimum atomic E-state index is 0.414. The number of allylic oxidation sites excluding steroid dienone is 4. The summed E-state index contributed by atoms with van der Waals surface area (Å²) in [5.74, 6) is 0.